The van der Waals surface area contributed by atoms with E-state index in [0.717, 1.165) is 90.8 Å². The lowest BCUT2D eigenvalue weighted by Crippen LogP contribution is -2.45. The number of fused-ring (bicyclic) bond motifs is 3. The second kappa shape index (κ2) is 12.2. The number of aryl methyl sites for hydroxylation is 1. The molecule has 1 aliphatic heterocycles. The average molecular weight is 611 g/mol. The molecule has 4 heterocycles. The topological polar surface area (TPSA) is 50.8 Å². The van der Waals surface area contributed by atoms with E-state index in [2.05, 4.69) is 44.5 Å². The Morgan fingerprint density at radius 3 is 2.68 bits per heavy atom. The number of hydrogen-bond acceptors (Lipinski definition) is 5. The van der Waals surface area contributed by atoms with E-state index >= 15 is 0 Å². The standard InChI is InChI=1S/C35H36ClFN6O/c1-24-27(6-4-20-44-33-7-3-5-25-21-26(37)8-9-28(25)33)29-10-11-31(36)34(30-22-39-43-13-12-38-23-32(30)43)35(29)42(24)19-18-41-16-14-40(2)15-17-41/h3,5,7-13,21-23H,4,6,14-20H2,1-2H3. The Morgan fingerprint density at radius 1 is 0.977 bits per heavy atom. The quantitative estimate of drug-likeness (QED) is 0.167. The first-order valence-corrected chi connectivity index (χ1v) is 15.7. The van der Waals surface area contributed by atoms with E-state index in [1.54, 1.807) is 18.3 Å². The van der Waals surface area contributed by atoms with E-state index in [-0.39, 0.29) is 5.82 Å². The van der Waals surface area contributed by atoms with Crippen LogP contribution in [0.3, 0.4) is 0 Å². The van der Waals surface area contributed by atoms with Crippen LogP contribution in [0.15, 0.2) is 73.3 Å². The monoisotopic (exact) mass is 610 g/mol. The van der Waals surface area contributed by atoms with Crippen molar-refractivity contribution in [1.82, 2.24) is 29.0 Å². The molecule has 6 aromatic rings. The first-order chi connectivity index (χ1) is 21.5. The lowest BCUT2D eigenvalue weighted by atomic mass is 10.0. The zero-order chi connectivity index (χ0) is 30.2. The van der Waals surface area contributed by atoms with Crippen molar-refractivity contribution in [2.45, 2.75) is 26.3 Å². The van der Waals surface area contributed by atoms with Crippen LogP contribution in [-0.2, 0) is 13.0 Å². The van der Waals surface area contributed by atoms with Gasteiger partial charge in [0.25, 0.3) is 0 Å². The van der Waals surface area contributed by atoms with Gasteiger partial charge in [0.15, 0.2) is 0 Å². The minimum atomic E-state index is -0.242. The fraction of sp³-hybridized carbons (Fsp3) is 0.314. The summed E-state index contributed by atoms with van der Waals surface area (Å²) in [4.78, 5) is 9.32. The third kappa shape index (κ3) is 5.42. The van der Waals surface area contributed by atoms with Crippen LogP contribution in [0.1, 0.15) is 17.7 Å². The molecule has 7 rings (SSSR count). The van der Waals surface area contributed by atoms with Crippen LogP contribution < -0.4 is 4.74 Å². The Bertz CT molecular complexity index is 1960. The van der Waals surface area contributed by atoms with Crippen LogP contribution in [0.5, 0.6) is 5.75 Å². The van der Waals surface area contributed by atoms with Gasteiger partial charge in [-0.3, -0.25) is 9.88 Å². The third-order valence-electron chi connectivity index (χ3n) is 9.02. The fourth-order valence-electron chi connectivity index (χ4n) is 6.59. The summed E-state index contributed by atoms with van der Waals surface area (Å²) >= 11 is 7.02. The first kappa shape index (κ1) is 28.8. The average Bonchev–Trinajstić information content (AvgIpc) is 3.57. The molecule has 44 heavy (non-hydrogen) atoms. The number of benzene rings is 3. The van der Waals surface area contributed by atoms with Gasteiger partial charge in [0.05, 0.1) is 35.1 Å². The first-order valence-electron chi connectivity index (χ1n) is 15.3. The molecule has 0 saturated carbocycles. The zero-order valence-corrected chi connectivity index (χ0v) is 25.9. The predicted octanol–water partition coefficient (Wildman–Crippen LogP) is 6.86. The van der Waals surface area contributed by atoms with E-state index in [9.17, 15) is 4.39 Å². The van der Waals surface area contributed by atoms with Gasteiger partial charge in [-0.05, 0) is 68.1 Å². The fourth-order valence-corrected chi connectivity index (χ4v) is 6.84. The number of rotatable bonds is 9. The largest absolute Gasteiger partial charge is 0.493 e. The molecule has 0 radical (unpaired) electrons. The van der Waals surface area contributed by atoms with Crippen molar-refractivity contribution < 1.29 is 9.13 Å². The van der Waals surface area contributed by atoms with E-state index in [1.807, 2.05) is 47.4 Å². The van der Waals surface area contributed by atoms with Crippen molar-refractivity contribution in [3.63, 3.8) is 0 Å². The summed E-state index contributed by atoms with van der Waals surface area (Å²) in [5.74, 6) is 0.540. The maximum absolute atomic E-state index is 13.8. The molecule has 226 valence electrons. The Balaban J connectivity index is 1.22. The Kier molecular flexibility index (Phi) is 7.97. The highest BCUT2D eigenvalue weighted by Gasteiger charge is 2.23. The van der Waals surface area contributed by atoms with E-state index in [4.69, 9.17) is 16.3 Å². The smallest absolute Gasteiger partial charge is 0.127 e. The summed E-state index contributed by atoms with van der Waals surface area (Å²) in [6.45, 7) is 8.98. The third-order valence-corrected chi connectivity index (χ3v) is 9.34. The molecule has 1 aliphatic rings. The molecule has 3 aromatic carbocycles. The number of piperazine rings is 1. The Hall–Kier alpha value is -3.98. The van der Waals surface area contributed by atoms with E-state index < -0.39 is 0 Å². The molecule has 0 atom stereocenters. The van der Waals surface area contributed by atoms with Gasteiger partial charge in [-0.15, -0.1) is 0 Å². The molecule has 1 fully saturated rings. The summed E-state index contributed by atoms with van der Waals surface area (Å²) < 4.78 is 24.3. The summed E-state index contributed by atoms with van der Waals surface area (Å²) in [5, 5.41) is 8.29. The molecule has 9 heteroatoms. The molecular formula is C35H36ClFN6O. The van der Waals surface area contributed by atoms with Crippen LogP contribution in [0, 0.1) is 12.7 Å². The highest BCUT2D eigenvalue weighted by Crippen LogP contribution is 2.41. The van der Waals surface area contributed by atoms with Crippen molar-refractivity contribution in [3.8, 4) is 16.9 Å². The summed E-state index contributed by atoms with van der Waals surface area (Å²) in [6.07, 6.45) is 9.05. The predicted molar refractivity (Wildman–Crippen MR) is 175 cm³/mol. The Morgan fingerprint density at radius 2 is 1.82 bits per heavy atom. The molecule has 0 amide bonds. The number of hydrogen-bond donors (Lipinski definition) is 0. The van der Waals surface area contributed by atoms with Gasteiger partial charge in [0.1, 0.15) is 11.6 Å². The number of ether oxygens (including phenoxy) is 1. The van der Waals surface area contributed by atoms with Crippen molar-refractivity contribution >= 4 is 38.8 Å². The second-order valence-corrected chi connectivity index (χ2v) is 12.1. The van der Waals surface area contributed by atoms with Gasteiger partial charge in [-0.1, -0.05) is 29.8 Å². The van der Waals surface area contributed by atoms with Crippen LogP contribution in [0.25, 0.3) is 38.3 Å². The minimum absolute atomic E-state index is 0.242. The van der Waals surface area contributed by atoms with Gasteiger partial charge in [0.2, 0.25) is 0 Å². The molecule has 0 aliphatic carbocycles. The summed E-state index contributed by atoms with van der Waals surface area (Å²) in [6, 6.07) is 14.8. The SMILES string of the molecule is Cc1c(CCCOc2cccc3cc(F)ccc23)c2ccc(Cl)c(-c3cnn4ccncc34)c2n1CCN1CCN(C)CC1. The van der Waals surface area contributed by atoms with Crippen LogP contribution in [0.2, 0.25) is 5.02 Å². The molecule has 0 N–H and O–H groups in total. The van der Waals surface area contributed by atoms with Crippen molar-refractivity contribution in [1.29, 1.82) is 0 Å². The molecule has 7 nitrogen and oxygen atoms in total. The molecule has 0 spiro atoms. The minimum Gasteiger partial charge on any atom is -0.493 e. The lowest BCUT2D eigenvalue weighted by Gasteiger charge is -2.32. The van der Waals surface area contributed by atoms with E-state index in [0.29, 0.717) is 11.6 Å². The lowest BCUT2D eigenvalue weighted by molar-refractivity contribution is 0.150. The maximum Gasteiger partial charge on any atom is 0.127 e. The Labute approximate surface area is 261 Å². The number of aromatic nitrogens is 4. The zero-order valence-electron chi connectivity index (χ0n) is 25.1. The molecule has 0 bridgehead atoms. The van der Waals surface area contributed by atoms with Crippen LogP contribution >= 0.6 is 11.6 Å². The number of nitrogens with zero attached hydrogens (tertiary/aromatic N) is 6. The highest BCUT2D eigenvalue weighted by molar-refractivity contribution is 6.35. The highest BCUT2D eigenvalue weighted by atomic mass is 35.5. The molecular weight excluding hydrogens is 575 g/mol. The van der Waals surface area contributed by atoms with Gasteiger partial charge in [-0.25, -0.2) is 8.91 Å². The van der Waals surface area contributed by atoms with Gasteiger partial charge in [-0.2, -0.15) is 5.10 Å². The van der Waals surface area contributed by atoms with Crippen molar-refractivity contribution in [3.05, 3.63) is 95.4 Å². The normalized spacial score (nSPS) is 14.7. The maximum atomic E-state index is 13.8. The molecule has 0 unspecified atom stereocenters. The number of likely N-dealkylation sites (N-methyl/N-ethyl adjacent to an activating group) is 1. The van der Waals surface area contributed by atoms with Crippen LogP contribution in [-0.4, -0.2) is 75.3 Å². The second-order valence-electron chi connectivity index (χ2n) is 11.7. The van der Waals surface area contributed by atoms with Crippen LogP contribution in [0.4, 0.5) is 4.39 Å². The van der Waals surface area contributed by atoms with Crippen molar-refractivity contribution in [2.24, 2.45) is 0 Å². The number of halogens is 2. The van der Waals surface area contributed by atoms with Crippen molar-refractivity contribution in [2.75, 3.05) is 46.4 Å². The summed E-state index contributed by atoms with van der Waals surface area (Å²) in [5.41, 5.74) is 6.63. The molecule has 1 saturated heterocycles. The van der Waals surface area contributed by atoms with Gasteiger partial charge in [0, 0.05) is 79.3 Å². The van der Waals surface area contributed by atoms with E-state index in [1.165, 1.54) is 22.7 Å². The van der Waals surface area contributed by atoms with Gasteiger partial charge < -0.3 is 14.2 Å². The van der Waals surface area contributed by atoms with Gasteiger partial charge >= 0.3 is 0 Å². The molecule has 3 aromatic heterocycles. The summed E-state index contributed by atoms with van der Waals surface area (Å²) in [7, 11) is 2.19.